The first kappa shape index (κ1) is 21.5. The molecule has 152 valence electrons. The van der Waals surface area contributed by atoms with Crippen LogP contribution in [0, 0.1) is 0 Å². The van der Waals surface area contributed by atoms with Crippen molar-refractivity contribution < 1.29 is 18.0 Å². The Balaban J connectivity index is 1.84. The van der Waals surface area contributed by atoms with Gasteiger partial charge in [-0.3, -0.25) is 4.68 Å². The maximum Gasteiger partial charge on any atom is 0.435 e. The summed E-state index contributed by atoms with van der Waals surface area (Å²) >= 11 is 13.0. The Labute approximate surface area is 179 Å². The second-order valence-electron chi connectivity index (χ2n) is 5.85. The Morgan fingerprint density at radius 2 is 1.90 bits per heavy atom. The molecule has 2 aromatic carbocycles. The zero-order valence-electron chi connectivity index (χ0n) is 15.0. The van der Waals surface area contributed by atoms with Gasteiger partial charge in [0, 0.05) is 27.6 Å². The van der Waals surface area contributed by atoms with Gasteiger partial charge in [0.2, 0.25) is 0 Å². The molecule has 0 aliphatic heterocycles. The third-order valence-electron chi connectivity index (χ3n) is 3.75. The Morgan fingerprint density at radius 3 is 2.55 bits per heavy atom. The predicted octanol–water partition coefficient (Wildman–Crippen LogP) is 6.45. The molecule has 3 rings (SSSR count). The van der Waals surface area contributed by atoms with Gasteiger partial charge in [-0.25, -0.2) is 0 Å². The average molecular weight is 460 g/mol. The second-order valence-corrected chi connectivity index (χ2v) is 7.75. The molecule has 29 heavy (non-hydrogen) atoms. The quantitative estimate of drug-likeness (QED) is 0.314. The van der Waals surface area contributed by atoms with E-state index >= 15 is 0 Å². The van der Waals surface area contributed by atoms with E-state index in [1.807, 2.05) is 6.07 Å². The van der Waals surface area contributed by atoms with E-state index in [0.717, 1.165) is 22.9 Å². The SMILES string of the molecule is Cn1nc(C(F)(F)F)c(C=NOCc2ccc(Cl)cc2Cl)c1Sc1ccccc1. The summed E-state index contributed by atoms with van der Waals surface area (Å²) in [4.78, 5) is 5.93. The number of aryl methyl sites for hydroxylation is 1. The number of aromatic nitrogens is 2. The highest BCUT2D eigenvalue weighted by Gasteiger charge is 2.38. The van der Waals surface area contributed by atoms with Gasteiger partial charge in [-0.2, -0.15) is 18.3 Å². The summed E-state index contributed by atoms with van der Waals surface area (Å²) in [6, 6.07) is 13.9. The number of benzene rings is 2. The minimum Gasteiger partial charge on any atom is -0.391 e. The van der Waals surface area contributed by atoms with Gasteiger partial charge >= 0.3 is 6.18 Å². The number of nitrogens with zero attached hydrogens (tertiary/aromatic N) is 3. The van der Waals surface area contributed by atoms with Crippen molar-refractivity contribution in [1.82, 2.24) is 9.78 Å². The lowest BCUT2D eigenvalue weighted by atomic mass is 10.2. The monoisotopic (exact) mass is 459 g/mol. The molecule has 0 amide bonds. The largest absolute Gasteiger partial charge is 0.435 e. The smallest absolute Gasteiger partial charge is 0.391 e. The van der Waals surface area contributed by atoms with E-state index in [4.69, 9.17) is 28.0 Å². The Hall–Kier alpha value is -2.16. The molecule has 0 aliphatic rings. The highest BCUT2D eigenvalue weighted by Crippen LogP contribution is 2.37. The van der Waals surface area contributed by atoms with Gasteiger partial charge in [0.05, 0.1) is 11.8 Å². The Morgan fingerprint density at radius 1 is 1.17 bits per heavy atom. The number of rotatable bonds is 6. The molecule has 0 bridgehead atoms. The van der Waals surface area contributed by atoms with Crippen molar-refractivity contribution in [3.8, 4) is 0 Å². The van der Waals surface area contributed by atoms with E-state index in [0.29, 0.717) is 20.6 Å². The van der Waals surface area contributed by atoms with Crippen LogP contribution in [0.3, 0.4) is 0 Å². The topological polar surface area (TPSA) is 39.4 Å². The number of hydrogen-bond acceptors (Lipinski definition) is 4. The first-order chi connectivity index (χ1) is 13.8. The zero-order chi connectivity index (χ0) is 21.0. The van der Waals surface area contributed by atoms with Crippen molar-refractivity contribution >= 4 is 41.2 Å². The van der Waals surface area contributed by atoms with Gasteiger partial charge in [-0.05, 0) is 24.3 Å². The molecule has 4 nitrogen and oxygen atoms in total. The Kier molecular flexibility index (Phi) is 6.77. The summed E-state index contributed by atoms with van der Waals surface area (Å²) in [6.45, 7) is -0.0186. The highest BCUT2D eigenvalue weighted by atomic mass is 35.5. The fourth-order valence-corrected chi connectivity index (χ4v) is 3.82. The van der Waals surface area contributed by atoms with Crippen LogP contribution in [-0.2, 0) is 24.7 Å². The molecular formula is C19H14Cl2F3N3OS. The molecule has 1 heterocycles. The molecule has 0 radical (unpaired) electrons. The predicted molar refractivity (Wildman–Crippen MR) is 108 cm³/mol. The summed E-state index contributed by atoms with van der Waals surface area (Å²) in [6.07, 6.45) is -3.61. The lowest BCUT2D eigenvalue weighted by molar-refractivity contribution is -0.141. The molecule has 0 aliphatic carbocycles. The molecule has 0 saturated heterocycles. The van der Waals surface area contributed by atoms with Crippen LogP contribution in [0.2, 0.25) is 10.0 Å². The summed E-state index contributed by atoms with van der Waals surface area (Å²) in [5, 5.41) is 8.47. The molecular weight excluding hydrogens is 446 g/mol. The molecule has 0 fully saturated rings. The van der Waals surface area contributed by atoms with Crippen molar-refractivity contribution in [3.63, 3.8) is 0 Å². The number of halogens is 5. The lowest BCUT2D eigenvalue weighted by Crippen LogP contribution is -2.09. The third kappa shape index (κ3) is 5.46. The van der Waals surface area contributed by atoms with Gasteiger partial charge in [0.15, 0.2) is 5.69 Å². The highest BCUT2D eigenvalue weighted by molar-refractivity contribution is 7.99. The fourth-order valence-electron chi connectivity index (χ4n) is 2.41. The average Bonchev–Trinajstić information content (AvgIpc) is 2.97. The summed E-state index contributed by atoms with van der Waals surface area (Å²) in [5.74, 6) is 0. The normalized spacial score (nSPS) is 11.9. The van der Waals surface area contributed by atoms with E-state index in [1.54, 1.807) is 42.5 Å². The number of oxime groups is 1. The number of hydrogen-bond donors (Lipinski definition) is 0. The first-order valence-electron chi connectivity index (χ1n) is 8.22. The fraction of sp³-hybridized carbons (Fsp3) is 0.158. The van der Waals surface area contributed by atoms with E-state index in [2.05, 4.69) is 10.3 Å². The van der Waals surface area contributed by atoms with Crippen molar-refractivity contribution in [2.45, 2.75) is 22.7 Å². The molecule has 0 unspecified atom stereocenters. The Bertz CT molecular complexity index is 1020. The standard InChI is InChI=1S/C19H14Cl2F3N3OS/c1-27-18(29-14-5-3-2-4-6-14)15(17(26-27)19(22,23)24)10-25-28-11-12-7-8-13(20)9-16(12)21/h2-10H,11H2,1H3. The van der Waals surface area contributed by atoms with Crippen LogP contribution in [0.4, 0.5) is 13.2 Å². The molecule has 3 aromatic rings. The summed E-state index contributed by atoms with van der Waals surface area (Å²) in [5.41, 5.74) is -0.597. The van der Waals surface area contributed by atoms with Crippen LogP contribution in [0.25, 0.3) is 0 Å². The molecule has 1 aromatic heterocycles. The van der Waals surface area contributed by atoms with Crippen LogP contribution in [-0.4, -0.2) is 16.0 Å². The second kappa shape index (κ2) is 9.11. The third-order valence-corrected chi connectivity index (χ3v) is 5.52. The summed E-state index contributed by atoms with van der Waals surface area (Å²) < 4.78 is 41.5. The van der Waals surface area contributed by atoms with Crippen LogP contribution in [0.1, 0.15) is 16.8 Å². The van der Waals surface area contributed by atoms with Crippen LogP contribution >= 0.6 is 35.0 Å². The zero-order valence-corrected chi connectivity index (χ0v) is 17.3. The van der Waals surface area contributed by atoms with Crippen molar-refractivity contribution in [1.29, 1.82) is 0 Å². The van der Waals surface area contributed by atoms with Crippen LogP contribution in [0.5, 0.6) is 0 Å². The number of alkyl halides is 3. The van der Waals surface area contributed by atoms with Crippen molar-refractivity contribution in [3.05, 3.63) is 75.4 Å². The van der Waals surface area contributed by atoms with E-state index < -0.39 is 11.9 Å². The minimum atomic E-state index is -4.63. The van der Waals surface area contributed by atoms with E-state index in [1.165, 1.54) is 11.7 Å². The van der Waals surface area contributed by atoms with Crippen LogP contribution in [0.15, 0.2) is 63.6 Å². The van der Waals surface area contributed by atoms with Crippen molar-refractivity contribution in [2.75, 3.05) is 0 Å². The first-order valence-corrected chi connectivity index (χ1v) is 9.79. The maximum atomic E-state index is 13.4. The van der Waals surface area contributed by atoms with Gasteiger partial charge in [0.1, 0.15) is 11.6 Å². The van der Waals surface area contributed by atoms with Gasteiger partial charge in [-0.1, -0.05) is 64.4 Å². The van der Waals surface area contributed by atoms with Crippen molar-refractivity contribution in [2.24, 2.45) is 12.2 Å². The molecule has 0 atom stereocenters. The van der Waals surface area contributed by atoms with Crippen LogP contribution < -0.4 is 0 Å². The molecule has 0 saturated carbocycles. The minimum absolute atomic E-state index is 0.0186. The molecule has 0 spiro atoms. The van der Waals surface area contributed by atoms with E-state index in [-0.39, 0.29) is 12.2 Å². The van der Waals surface area contributed by atoms with Gasteiger partial charge in [-0.15, -0.1) is 0 Å². The molecule has 0 N–H and O–H groups in total. The maximum absolute atomic E-state index is 13.4. The van der Waals surface area contributed by atoms with Gasteiger partial charge < -0.3 is 4.84 Å². The lowest BCUT2D eigenvalue weighted by Gasteiger charge is -2.06. The molecule has 10 heteroatoms. The van der Waals surface area contributed by atoms with E-state index in [9.17, 15) is 13.2 Å². The summed E-state index contributed by atoms with van der Waals surface area (Å²) in [7, 11) is 1.45. The van der Waals surface area contributed by atoms with Gasteiger partial charge in [0.25, 0.3) is 0 Å².